The maximum absolute atomic E-state index is 12.5. The van der Waals surface area contributed by atoms with E-state index in [9.17, 15) is 4.79 Å². The zero-order chi connectivity index (χ0) is 16.4. The monoisotopic (exact) mass is 327 g/mol. The molecular formula is C20H29N3O. The maximum atomic E-state index is 12.5. The normalized spacial score (nSPS) is 33.3. The number of hydrogen-bond donors (Lipinski definition) is 2. The molecule has 0 radical (unpaired) electrons. The van der Waals surface area contributed by atoms with Crippen LogP contribution >= 0.6 is 0 Å². The molecule has 4 atom stereocenters. The number of benzene rings is 1. The van der Waals surface area contributed by atoms with Crippen molar-refractivity contribution < 1.29 is 4.79 Å². The van der Waals surface area contributed by atoms with E-state index in [1.54, 1.807) is 0 Å². The Bertz CT molecular complexity index is 555. The Hall–Kier alpha value is -1.39. The molecule has 3 aliphatic rings. The smallest absolute Gasteiger partial charge is 0.237 e. The van der Waals surface area contributed by atoms with Crippen molar-refractivity contribution >= 4 is 5.91 Å². The molecule has 4 nitrogen and oxygen atoms in total. The summed E-state index contributed by atoms with van der Waals surface area (Å²) in [6, 6.07) is 11.2. The molecule has 0 spiro atoms. The minimum Gasteiger partial charge on any atom is -0.352 e. The van der Waals surface area contributed by atoms with Crippen LogP contribution in [0.3, 0.4) is 0 Å². The highest BCUT2D eigenvalue weighted by Gasteiger charge is 2.43. The summed E-state index contributed by atoms with van der Waals surface area (Å²) in [6.07, 6.45) is 5.79. The molecule has 0 bridgehead atoms. The second-order valence-corrected chi connectivity index (χ2v) is 7.80. The second kappa shape index (κ2) is 7.24. The summed E-state index contributed by atoms with van der Waals surface area (Å²) >= 11 is 0. The van der Waals surface area contributed by atoms with Crippen LogP contribution in [-0.2, 0) is 11.3 Å². The van der Waals surface area contributed by atoms with Crippen molar-refractivity contribution in [2.45, 2.75) is 50.7 Å². The summed E-state index contributed by atoms with van der Waals surface area (Å²) in [6.45, 7) is 4.34. The lowest BCUT2D eigenvalue weighted by atomic mass is 9.97. The first-order valence-corrected chi connectivity index (χ1v) is 9.59. The largest absolute Gasteiger partial charge is 0.352 e. The number of piperidine rings is 1. The first kappa shape index (κ1) is 16.1. The molecule has 1 amide bonds. The number of nitrogens with zero attached hydrogens (tertiary/aromatic N) is 1. The molecule has 1 aromatic rings. The first-order chi connectivity index (χ1) is 11.8. The van der Waals surface area contributed by atoms with Crippen LogP contribution in [-0.4, -0.2) is 42.5 Å². The lowest BCUT2D eigenvalue weighted by Crippen LogP contribution is -2.50. The SMILES string of the molecule is O=C(N[C@@H]1CC[C@H]2CN(Cc3ccccc3)C[C@H]21)[C@@H]1CCCCN1. The molecule has 3 fully saturated rings. The van der Waals surface area contributed by atoms with Crippen molar-refractivity contribution in [3.05, 3.63) is 35.9 Å². The summed E-state index contributed by atoms with van der Waals surface area (Å²) < 4.78 is 0. The predicted octanol–water partition coefficient (Wildman–Crippen LogP) is 2.16. The van der Waals surface area contributed by atoms with Crippen molar-refractivity contribution in [2.24, 2.45) is 11.8 Å². The van der Waals surface area contributed by atoms with E-state index in [4.69, 9.17) is 0 Å². The molecule has 2 aliphatic heterocycles. The van der Waals surface area contributed by atoms with E-state index >= 15 is 0 Å². The molecule has 1 aliphatic carbocycles. The molecule has 2 heterocycles. The van der Waals surface area contributed by atoms with Crippen LogP contribution in [0.4, 0.5) is 0 Å². The van der Waals surface area contributed by atoms with Gasteiger partial charge >= 0.3 is 0 Å². The Kier molecular flexibility index (Phi) is 4.86. The summed E-state index contributed by atoms with van der Waals surface area (Å²) in [5.41, 5.74) is 1.39. The summed E-state index contributed by atoms with van der Waals surface area (Å²) in [4.78, 5) is 15.1. The van der Waals surface area contributed by atoms with Gasteiger partial charge in [0, 0.05) is 25.7 Å². The van der Waals surface area contributed by atoms with Crippen LogP contribution in [0.2, 0.25) is 0 Å². The Morgan fingerprint density at radius 2 is 2.00 bits per heavy atom. The van der Waals surface area contributed by atoms with Gasteiger partial charge in [0.25, 0.3) is 0 Å². The van der Waals surface area contributed by atoms with Gasteiger partial charge in [-0.25, -0.2) is 0 Å². The van der Waals surface area contributed by atoms with Crippen molar-refractivity contribution in [1.82, 2.24) is 15.5 Å². The van der Waals surface area contributed by atoms with Gasteiger partial charge < -0.3 is 10.6 Å². The van der Waals surface area contributed by atoms with Crippen molar-refractivity contribution in [3.8, 4) is 0 Å². The Labute approximate surface area is 145 Å². The number of fused-ring (bicyclic) bond motifs is 1. The first-order valence-electron chi connectivity index (χ1n) is 9.59. The summed E-state index contributed by atoms with van der Waals surface area (Å²) in [5, 5.41) is 6.75. The molecule has 0 unspecified atom stereocenters. The van der Waals surface area contributed by atoms with Crippen molar-refractivity contribution in [1.29, 1.82) is 0 Å². The van der Waals surface area contributed by atoms with E-state index in [0.29, 0.717) is 12.0 Å². The molecule has 0 aromatic heterocycles. The topological polar surface area (TPSA) is 44.4 Å². The zero-order valence-electron chi connectivity index (χ0n) is 14.4. The minimum absolute atomic E-state index is 0.0413. The molecule has 4 heteroatoms. The lowest BCUT2D eigenvalue weighted by Gasteiger charge is -2.27. The average Bonchev–Trinajstić information content (AvgIpc) is 3.18. The molecule has 1 aromatic carbocycles. The lowest BCUT2D eigenvalue weighted by molar-refractivity contribution is -0.124. The molecule has 2 saturated heterocycles. The number of carbonyl (C=O) groups excluding carboxylic acids is 1. The molecule has 130 valence electrons. The number of amides is 1. The van der Waals surface area contributed by atoms with Crippen LogP contribution in [0.5, 0.6) is 0 Å². The van der Waals surface area contributed by atoms with Gasteiger partial charge in [-0.1, -0.05) is 36.8 Å². The van der Waals surface area contributed by atoms with Crippen LogP contribution in [0.1, 0.15) is 37.7 Å². The van der Waals surface area contributed by atoms with E-state index in [2.05, 4.69) is 45.9 Å². The van der Waals surface area contributed by atoms with Gasteiger partial charge in [0.15, 0.2) is 0 Å². The summed E-state index contributed by atoms with van der Waals surface area (Å²) in [7, 11) is 0. The van der Waals surface area contributed by atoms with Gasteiger partial charge in [-0.2, -0.15) is 0 Å². The standard InChI is InChI=1S/C20H29N3O/c24-20(19-8-4-5-11-21-19)22-18-10-9-16-13-23(14-17(16)18)12-15-6-2-1-3-7-15/h1-3,6-7,16-19,21H,4-5,8-14H2,(H,22,24)/t16-,17+,18+,19-/m0/s1. The molecule has 4 rings (SSSR count). The number of hydrogen-bond acceptors (Lipinski definition) is 3. The predicted molar refractivity (Wildman–Crippen MR) is 95.5 cm³/mol. The van der Waals surface area contributed by atoms with Crippen LogP contribution < -0.4 is 10.6 Å². The fourth-order valence-corrected chi connectivity index (χ4v) is 4.87. The van der Waals surface area contributed by atoms with Crippen LogP contribution in [0.25, 0.3) is 0 Å². The van der Waals surface area contributed by atoms with Gasteiger partial charge in [0.2, 0.25) is 5.91 Å². The number of rotatable bonds is 4. The third-order valence-corrected chi connectivity index (χ3v) is 6.14. The van der Waals surface area contributed by atoms with Gasteiger partial charge in [-0.3, -0.25) is 9.69 Å². The Morgan fingerprint density at radius 1 is 1.12 bits per heavy atom. The zero-order valence-corrected chi connectivity index (χ0v) is 14.4. The third kappa shape index (κ3) is 3.50. The van der Waals surface area contributed by atoms with E-state index < -0.39 is 0 Å². The van der Waals surface area contributed by atoms with Crippen molar-refractivity contribution in [2.75, 3.05) is 19.6 Å². The van der Waals surface area contributed by atoms with E-state index in [1.165, 1.54) is 31.4 Å². The van der Waals surface area contributed by atoms with E-state index in [1.807, 2.05) is 0 Å². The van der Waals surface area contributed by atoms with Gasteiger partial charge in [-0.05, 0) is 49.6 Å². The maximum Gasteiger partial charge on any atom is 0.237 e. The quantitative estimate of drug-likeness (QED) is 0.891. The number of likely N-dealkylation sites (tertiary alicyclic amines) is 1. The minimum atomic E-state index is 0.0413. The molecular weight excluding hydrogens is 298 g/mol. The Balaban J connectivity index is 1.32. The molecule has 24 heavy (non-hydrogen) atoms. The van der Waals surface area contributed by atoms with E-state index in [0.717, 1.165) is 38.4 Å². The second-order valence-electron chi connectivity index (χ2n) is 7.80. The van der Waals surface area contributed by atoms with Gasteiger partial charge in [0.05, 0.1) is 6.04 Å². The van der Waals surface area contributed by atoms with Gasteiger partial charge in [0.1, 0.15) is 0 Å². The third-order valence-electron chi connectivity index (χ3n) is 6.14. The van der Waals surface area contributed by atoms with Crippen molar-refractivity contribution in [3.63, 3.8) is 0 Å². The highest BCUT2D eigenvalue weighted by molar-refractivity contribution is 5.82. The Morgan fingerprint density at radius 3 is 2.79 bits per heavy atom. The fraction of sp³-hybridized carbons (Fsp3) is 0.650. The van der Waals surface area contributed by atoms with Gasteiger partial charge in [-0.15, -0.1) is 0 Å². The van der Waals surface area contributed by atoms with E-state index in [-0.39, 0.29) is 11.9 Å². The highest BCUT2D eigenvalue weighted by Crippen LogP contribution is 2.38. The fourth-order valence-electron chi connectivity index (χ4n) is 4.87. The summed E-state index contributed by atoms with van der Waals surface area (Å²) in [5.74, 6) is 1.64. The number of carbonyl (C=O) groups is 1. The number of nitrogens with one attached hydrogen (secondary N) is 2. The molecule has 2 N–H and O–H groups in total. The average molecular weight is 327 g/mol. The van der Waals surface area contributed by atoms with Crippen LogP contribution in [0.15, 0.2) is 30.3 Å². The van der Waals surface area contributed by atoms with Crippen LogP contribution in [0, 0.1) is 11.8 Å². The highest BCUT2D eigenvalue weighted by atomic mass is 16.2. The molecule has 1 saturated carbocycles.